The van der Waals surface area contributed by atoms with E-state index < -0.39 is 182 Å². The molecular formula is C89H177Cl3N18O22. The molecule has 40 nitrogen and oxygen atoms in total. The van der Waals surface area contributed by atoms with Crippen LogP contribution in [0.25, 0.3) is 0 Å². The second-order valence-electron chi connectivity index (χ2n) is 42.8. The van der Waals surface area contributed by atoms with Crippen LogP contribution in [0.15, 0.2) is 0 Å². The fourth-order valence-electron chi connectivity index (χ4n) is 25.5. The van der Waals surface area contributed by atoms with Crippen molar-refractivity contribution < 1.29 is 108 Å². The first kappa shape index (κ1) is 115. The maximum atomic E-state index is 11.1. The van der Waals surface area contributed by atoms with Crippen LogP contribution in [-0.4, -0.2) is 369 Å². The molecule has 0 bridgehead atoms. The number of aliphatic hydroxyl groups is 9. The Morgan fingerprint density at radius 3 is 1.23 bits per heavy atom. The molecule has 1 spiro atoms. The number of ether oxygens (including phenoxy) is 13. The molecule has 7 aliphatic carbocycles. The van der Waals surface area contributed by atoms with E-state index in [1.54, 1.807) is 41.9 Å². The van der Waals surface area contributed by atoms with Crippen LogP contribution in [0.5, 0.6) is 0 Å². The molecule has 15 aliphatic rings. The van der Waals surface area contributed by atoms with Crippen molar-refractivity contribution in [3.05, 3.63) is 0 Å². The smallest absolute Gasteiger partial charge is 0.185 e. The number of piperidine rings is 1. The van der Waals surface area contributed by atoms with E-state index in [9.17, 15) is 46.0 Å². The molecule has 0 aromatic rings. The Morgan fingerprint density at radius 1 is 0.439 bits per heavy atom. The Morgan fingerprint density at radius 2 is 0.841 bits per heavy atom. The third-order valence-corrected chi connectivity index (χ3v) is 33.3. The minimum absolute atomic E-state index is 0. The van der Waals surface area contributed by atoms with Gasteiger partial charge in [-0.1, -0.05) is 27.7 Å². The van der Waals surface area contributed by atoms with Crippen molar-refractivity contribution in [2.75, 3.05) is 74.2 Å². The van der Waals surface area contributed by atoms with Gasteiger partial charge in [-0.15, -0.1) is 37.2 Å². The highest BCUT2D eigenvalue weighted by Gasteiger charge is 2.69. The lowest BCUT2D eigenvalue weighted by molar-refractivity contribution is -0.307. The average molecular weight is 1960 g/mol. The highest BCUT2D eigenvalue weighted by Crippen LogP contribution is 2.71. The van der Waals surface area contributed by atoms with Gasteiger partial charge in [0.1, 0.15) is 95.8 Å². The molecule has 8 saturated heterocycles. The predicted octanol–water partition coefficient (Wildman–Crippen LogP) is -4.70. The van der Waals surface area contributed by atoms with Crippen LogP contribution in [-0.2, 0) is 61.6 Å². The first-order valence-electron chi connectivity index (χ1n) is 48.7. The molecule has 776 valence electrons. The number of hydrogen-bond donors (Lipinski definition) is 27. The molecule has 39 N–H and O–H groups in total. The zero-order chi connectivity index (χ0) is 94.2. The van der Waals surface area contributed by atoms with E-state index in [4.69, 9.17) is 130 Å². The summed E-state index contributed by atoms with van der Waals surface area (Å²) in [5.41, 5.74) is 70.7. The zero-order valence-corrected chi connectivity index (χ0v) is 82.7. The van der Waals surface area contributed by atoms with Crippen molar-refractivity contribution in [1.29, 1.82) is 0 Å². The molecule has 1 unspecified atom stereocenters. The van der Waals surface area contributed by atoms with E-state index in [0.717, 1.165) is 74.4 Å². The summed E-state index contributed by atoms with van der Waals surface area (Å²) in [4.78, 5) is 0. The van der Waals surface area contributed by atoms with Gasteiger partial charge in [0.05, 0.1) is 80.5 Å². The summed E-state index contributed by atoms with van der Waals surface area (Å²) in [5.74, 6) is 5.89. The Bertz CT molecular complexity index is 3450. The second-order valence-corrected chi connectivity index (χ2v) is 42.8. The number of hydrogen-bond acceptors (Lipinski definition) is 40. The van der Waals surface area contributed by atoms with E-state index in [1.165, 1.54) is 64.2 Å². The van der Waals surface area contributed by atoms with Crippen LogP contribution < -0.4 is 101 Å². The van der Waals surface area contributed by atoms with Gasteiger partial charge in [0.2, 0.25) is 0 Å². The third kappa shape index (κ3) is 24.9. The summed E-state index contributed by atoms with van der Waals surface area (Å²) in [6.07, 6.45) is 1.11. The molecule has 0 radical (unpaired) electrons. The zero-order valence-electron chi connectivity index (χ0n) is 80.3. The van der Waals surface area contributed by atoms with E-state index in [2.05, 4.69) is 59.6 Å². The fourth-order valence-corrected chi connectivity index (χ4v) is 25.5. The summed E-state index contributed by atoms with van der Waals surface area (Å²) < 4.78 is 77.5. The molecule has 0 aromatic carbocycles. The van der Waals surface area contributed by atoms with Gasteiger partial charge in [0, 0.05) is 86.5 Å². The molecule has 50 atom stereocenters. The SMILES string of the molecule is CN[C@@H]1[C@@H](O)[C@@H](O[C@@H]2[C@@H](O)[C@H](O[C@H]3O[C@H](CN)CC[C@H]3N)[C@@H](N)C[C@H]2N)OC[C@]1(C)O.CN[C@@H]1[C@@H](O)[C@@H](O[C@@H]2[C@@H](O)[C@H](O[C@H]3O[C@H]([C@@H](C)N)CC[C@H]3N)[C@@H](N)C[C@H]2N)OC[C@]1(C)O.CN[C@@H]1[C@@H](O)[C@@H](O[C@@H]2[C@@H](O)[C@H](O[C@H]3O[C@H]([C@@H](C)NC)CC[C@H]3N)[C@@H](N)C[C@H]2N)OC[C@]1(C)O.C[C@H]1CC[C@]2(NC1)O[C@H]1C[C@H]3[C@@H]4CC[C@H]5CC(NCCN)CC[C@]5(C)[C@H]4CC[C@]3(C)[C@H]1[C@@H]2C.Cl.Cl.Cl. The summed E-state index contributed by atoms with van der Waals surface area (Å²) in [5, 5.41) is 116. The number of fused-ring (bicyclic) bond motifs is 7. The summed E-state index contributed by atoms with van der Waals surface area (Å²) >= 11 is 0. The van der Waals surface area contributed by atoms with Crippen molar-refractivity contribution in [3.8, 4) is 0 Å². The van der Waals surface area contributed by atoms with Crippen LogP contribution in [0, 0.1) is 52.3 Å². The van der Waals surface area contributed by atoms with Gasteiger partial charge in [-0.3, -0.25) is 5.32 Å². The van der Waals surface area contributed by atoms with Crippen molar-refractivity contribution >= 4 is 37.2 Å². The number of nitrogens with one attached hydrogen (secondary N) is 6. The fraction of sp³-hybridized carbons (Fsp3) is 1.00. The van der Waals surface area contributed by atoms with E-state index >= 15 is 0 Å². The molecule has 8 heterocycles. The van der Waals surface area contributed by atoms with Crippen LogP contribution in [0.1, 0.15) is 184 Å². The standard InChI is InChI=1S/C29H51N3O.C21H43N5O7.C20H41N5O7.C19H39N5O7.3ClH/c1-18-7-12-29(32-17-18)19(2)26-25(33-29)16-24-22-6-5-20-15-21(31-14-13-30)8-10-27(20,3)23(22)9-11-28(24,26)4;1-9(25-3)13-6-5-10(22)19(31-13)32-16-11(23)7-12(24)17(14(16)27)33-20-15(28)18(26-4)21(2,29)8-30-20;1-8(21)12-5-4-9(22)18(30-12)31-15-10(23)6-11(24)16(13(15)26)32-19-14(27)17(25-3)20(2,28)7-29-19;1-19(27)7-28-18(13(26)16(19)24-2)31-15-11(23)5-10(22)14(12(15)25)30-17-9(21)4-3-8(6-20)29-17;;;/h18-26,31-32H,5-17,30H2,1-4H3;9-20,25-29H,5-8,22-24H2,1-4H3;8-19,25-28H,4-7,21-24H2,1-3H3;8-18,24-27H,3-7,20-23H2,1-2H3;3*1H/t18-,19-,20-,21?,22+,23-,24-,25-,26-,27-,28-,29-;9-,10-,11+,12-,13+,14+,15-,16-,17+,18-,19-,20-,21+;8-,9-,10+,11-,12+,13+,14-,15-,16+,17-,18-,19-,20+;8-,9+,10-,11+,12-,13+,14+,15-,16+,17+,18+,19-;;;/m0110.../s1. The number of rotatable bonds is 22. The highest BCUT2D eigenvalue weighted by molar-refractivity contribution is 5.86. The maximum absolute atomic E-state index is 11.1. The topological polar surface area (TPSA) is 686 Å². The van der Waals surface area contributed by atoms with Gasteiger partial charge in [0.15, 0.2) is 37.7 Å². The number of nitrogens with two attached hydrogens (primary N) is 12. The minimum Gasteiger partial charge on any atom is -0.388 e. The highest BCUT2D eigenvalue weighted by atomic mass is 35.5. The summed E-state index contributed by atoms with van der Waals surface area (Å²) in [7, 11) is 6.74. The van der Waals surface area contributed by atoms with Crippen molar-refractivity contribution in [1.82, 2.24) is 31.9 Å². The Hall–Kier alpha value is -0.730. The first-order chi connectivity index (χ1) is 60.8. The van der Waals surface area contributed by atoms with Crippen LogP contribution in [0.3, 0.4) is 0 Å². The lowest BCUT2D eigenvalue weighted by Gasteiger charge is -2.61. The normalized spacial score (nSPS) is 51.6. The van der Waals surface area contributed by atoms with Gasteiger partial charge in [-0.05, 0) is 231 Å². The van der Waals surface area contributed by atoms with Crippen molar-refractivity contribution in [2.45, 2.75) is 433 Å². The predicted molar refractivity (Wildman–Crippen MR) is 502 cm³/mol. The maximum Gasteiger partial charge on any atom is 0.185 e. The van der Waals surface area contributed by atoms with Gasteiger partial charge >= 0.3 is 0 Å². The van der Waals surface area contributed by atoms with Gasteiger partial charge in [-0.25, -0.2) is 0 Å². The largest absolute Gasteiger partial charge is 0.388 e. The Balaban J connectivity index is 0.000000197. The summed E-state index contributed by atoms with van der Waals surface area (Å²) in [6, 6.07) is -6.13. The molecule has 0 aromatic heterocycles. The Labute approximate surface area is 800 Å². The van der Waals surface area contributed by atoms with Crippen LogP contribution in [0.4, 0.5) is 0 Å². The van der Waals surface area contributed by atoms with Gasteiger partial charge in [0.25, 0.3) is 0 Å². The Kier molecular flexibility index (Phi) is 42.0. The van der Waals surface area contributed by atoms with E-state index in [0.29, 0.717) is 74.0 Å². The third-order valence-electron chi connectivity index (χ3n) is 33.3. The molecule has 8 aliphatic heterocycles. The van der Waals surface area contributed by atoms with Crippen LogP contribution >= 0.6 is 37.2 Å². The monoisotopic (exact) mass is 1960 g/mol. The number of likely N-dealkylation sites (N-methyl/N-ethyl adjacent to an activating group) is 4. The molecule has 0 amide bonds. The molecule has 15 fully saturated rings. The molecule has 15 rings (SSSR count). The second kappa shape index (κ2) is 48.3. The van der Waals surface area contributed by atoms with Gasteiger partial charge in [-0.2, -0.15) is 0 Å². The van der Waals surface area contributed by atoms with Crippen molar-refractivity contribution in [2.24, 2.45) is 121 Å². The molecule has 7 saturated carbocycles. The van der Waals surface area contributed by atoms with E-state index in [1.807, 2.05) is 20.9 Å². The lowest BCUT2D eigenvalue weighted by atomic mass is 9.44. The molecular weight excluding hydrogens is 1780 g/mol. The van der Waals surface area contributed by atoms with Gasteiger partial charge < -0.3 is 203 Å². The summed E-state index contributed by atoms with van der Waals surface area (Å²) in [6.45, 7) is 21.9. The minimum atomic E-state index is -1.29. The van der Waals surface area contributed by atoms with Crippen LogP contribution in [0.2, 0.25) is 0 Å². The lowest BCUT2D eigenvalue weighted by Crippen LogP contribution is -2.68. The number of aliphatic hydroxyl groups excluding tert-OH is 6. The quantitative estimate of drug-likeness (QED) is 0.0484. The molecule has 43 heteroatoms. The van der Waals surface area contributed by atoms with Crippen molar-refractivity contribution in [3.63, 3.8) is 0 Å². The first-order valence-corrected chi connectivity index (χ1v) is 48.7. The molecule has 132 heavy (non-hydrogen) atoms. The average Bonchev–Trinajstić information content (AvgIpc) is 1.53. The van der Waals surface area contributed by atoms with E-state index in [-0.39, 0.29) is 111 Å². The number of halogens is 3.